The van der Waals surface area contributed by atoms with Crippen LogP contribution in [-0.4, -0.2) is 58.9 Å². The Labute approximate surface area is 284 Å². The molecule has 13 heteroatoms. The van der Waals surface area contributed by atoms with Crippen molar-refractivity contribution in [3.63, 3.8) is 0 Å². The lowest BCUT2D eigenvalue weighted by Crippen LogP contribution is -2.49. The Morgan fingerprint density at radius 3 is 2.69 bits per heavy atom. The molecule has 1 heterocycles. The molecule has 1 aliphatic heterocycles. The van der Waals surface area contributed by atoms with E-state index in [-0.39, 0.29) is 23.8 Å². The van der Waals surface area contributed by atoms with Crippen LogP contribution >= 0.6 is 11.6 Å². The third kappa shape index (κ3) is 7.76. The topological polar surface area (TPSA) is 108 Å². The summed E-state index contributed by atoms with van der Waals surface area (Å²) in [5, 5.41) is 11.3. The number of anilines is 1. The number of amides is 2. The maximum absolute atomic E-state index is 13.7. The van der Waals surface area contributed by atoms with Crippen LogP contribution in [-0.2, 0) is 26.5 Å². The summed E-state index contributed by atoms with van der Waals surface area (Å²) in [6, 6.07) is 10.5. The second-order valence-electron chi connectivity index (χ2n) is 13.3. The molecular formula is C35H41ClF3N3O5S. The summed E-state index contributed by atoms with van der Waals surface area (Å²) in [5.74, 6) is -3.78. The summed E-state index contributed by atoms with van der Waals surface area (Å²) in [6.07, 6.45) is 1.75. The van der Waals surface area contributed by atoms with Gasteiger partial charge < -0.3 is 14.7 Å². The number of fused-ring (bicyclic) bond motifs is 3. The Morgan fingerprint density at radius 1 is 1.25 bits per heavy atom. The van der Waals surface area contributed by atoms with Gasteiger partial charge in [-0.05, 0) is 97.7 Å². The van der Waals surface area contributed by atoms with E-state index in [1.807, 2.05) is 12.1 Å². The van der Waals surface area contributed by atoms with Crippen LogP contribution < -0.4 is 14.4 Å². The molecule has 1 unspecified atom stereocenters. The van der Waals surface area contributed by atoms with Crippen molar-refractivity contribution >= 4 is 39.0 Å². The maximum Gasteiger partial charge on any atom is 0.472 e. The monoisotopic (exact) mass is 707 g/mol. The molecule has 48 heavy (non-hydrogen) atoms. The molecule has 2 aromatic carbocycles. The molecule has 3 aliphatic rings. The van der Waals surface area contributed by atoms with Gasteiger partial charge in [-0.2, -0.15) is 13.2 Å². The molecule has 8 nitrogen and oxygen atoms in total. The summed E-state index contributed by atoms with van der Waals surface area (Å²) >= 11 is 6.36. The number of carbonyl (C=O) groups is 2. The Morgan fingerprint density at radius 2 is 2.02 bits per heavy atom. The Hall–Kier alpha value is -3.35. The predicted molar refractivity (Wildman–Crippen MR) is 181 cm³/mol. The van der Waals surface area contributed by atoms with Crippen molar-refractivity contribution in [1.82, 2.24) is 4.72 Å². The Kier molecular flexibility index (Phi) is 10.7. The van der Waals surface area contributed by atoms with Crippen LogP contribution in [0.15, 0.2) is 66.1 Å². The third-order valence-corrected chi connectivity index (χ3v) is 11.9. The van der Waals surface area contributed by atoms with Crippen LogP contribution in [0.3, 0.4) is 0 Å². The number of aliphatic hydroxyl groups excluding tert-OH is 1. The summed E-state index contributed by atoms with van der Waals surface area (Å²) in [5.41, 5.74) is 2.46. The number of allylic oxidation sites excluding steroid dienone is 1. The van der Waals surface area contributed by atoms with E-state index in [0.29, 0.717) is 36.2 Å². The Balaban J connectivity index is 1.54. The lowest BCUT2D eigenvalue weighted by atomic mass is 9.68. The van der Waals surface area contributed by atoms with Crippen molar-refractivity contribution in [2.45, 2.75) is 63.1 Å². The van der Waals surface area contributed by atoms with Crippen LogP contribution in [0.1, 0.15) is 60.5 Å². The lowest BCUT2D eigenvalue weighted by Gasteiger charge is -2.45. The average molecular weight is 708 g/mol. The molecule has 5 rings (SSSR count). The summed E-state index contributed by atoms with van der Waals surface area (Å²) in [4.78, 5) is 27.5. The minimum absolute atomic E-state index is 0.0165. The van der Waals surface area contributed by atoms with Crippen LogP contribution in [0.2, 0.25) is 5.02 Å². The number of carbonyl (C=O) groups excluding carboxylic acids is 2. The van der Waals surface area contributed by atoms with Crippen LogP contribution in [0.25, 0.3) is 0 Å². The third-order valence-electron chi connectivity index (χ3n) is 9.71. The van der Waals surface area contributed by atoms with Gasteiger partial charge in [-0.15, -0.1) is 17.5 Å². The van der Waals surface area contributed by atoms with E-state index in [4.69, 9.17) is 16.3 Å². The minimum atomic E-state index is -5.32. The number of nitrogens with zero attached hydrogens (tertiary/aromatic N) is 2. The van der Waals surface area contributed by atoms with Crippen molar-refractivity contribution in [2.75, 3.05) is 30.3 Å². The quantitative estimate of drug-likeness (QED) is 0.263. The van der Waals surface area contributed by atoms with E-state index in [1.54, 1.807) is 25.1 Å². The van der Waals surface area contributed by atoms with E-state index < -0.39 is 51.1 Å². The van der Waals surface area contributed by atoms with E-state index in [2.05, 4.69) is 28.5 Å². The Bertz CT molecular complexity index is 1710. The SMILES string of the molecule is C=CC[C@H](C)CS(=O)(=NC(=O)c1ccc2c(c1)N(C[C@@H]1CC[C@H]1[C@@H](O)C=C)C[C@@]1(CCCc3cc(Cl)ccc31)CO2)NC(=O)C(F)(F)F. The van der Waals surface area contributed by atoms with Crippen LogP contribution in [0, 0.1) is 17.8 Å². The standard InChI is InChI=1S/C35H41ClF3N3O5S/c1-4-7-22(3)19-48(46,41-33(45)35(37,38)39)40-32(44)24-10-14-31-29(17-24)42(18-25-9-12-27(25)30(43)5-2)20-34(21-47-31)15-6-8-23-16-26(36)11-13-28(23)34/h4-5,10-11,13-14,16-17,22,25,27,30,43H,1-2,6-9,12,15,18-21H2,3H3,(H,40,41,44,45,46)/t22-,25-,27+,30-,34-,48?/m0/s1. The summed E-state index contributed by atoms with van der Waals surface area (Å²) in [6.45, 7) is 10.4. The summed E-state index contributed by atoms with van der Waals surface area (Å²) in [7, 11) is -4.16. The number of rotatable bonds is 10. The van der Waals surface area contributed by atoms with Gasteiger partial charge in [0.2, 0.25) is 0 Å². The molecule has 1 saturated carbocycles. The number of alkyl halides is 3. The first-order chi connectivity index (χ1) is 22.7. The molecule has 1 fully saturated rings. The highest BCUT2D eigenvalue weighted by Crippen LogP contribution is 2.46. The highest BCUT2D eigenvalue weighted by Gasteiger charge is 2.44. The molecule has 2 amide bonds. The van der Waals surface area contributed by atoms with Crippen LogP contribution in [0.4, 0.5) is 18.9 Å². The van der Waals surface area contributed by atoms with Crippen molar-refractivity contribution in [2.24, 2.45) is 22.1 Å². The van der Waals surface area contributed by atoms with Gasteiger partial charge in [0.1, 0.15) is 15.7 Å². The number of ether oxygens (including phenoxy) is 1. The van der Waals surface area contributed by atoms with E-state index in [0.717, 1.165) is 43.2 Å². The molecule has 0 radical (unpaired) electrons. The van der Waals surface area contributed by atoms with E-state index in [9.17, 15) is 32.1 Å². The molecule has 0 aromatic heterocycles. The first-order valence-electron chi connectivity index (χ1n) is 16.1. The number of hydrogen-bond donors (Lipinski definition) is 2. The van der Waals surface area contributed by atoms with Gasteiger partial charge >= 0.3 is 12.1 Å². The van der Waals surface area contributed by atoms with E-state index in [1.165, 1.54) is 16.9 Å². The lowest BCUT2D eigenvalue weighted by molar-refractivity contribution is -0.171. The highest BCUT2D eigenvalue weighted by molar-refractivity contribution is 7.92. The number of aliphatic hydroxyl groups is 1. The van der Waals surface area contributed by atoms with Gasteiger partial charge in [-0.25, -0.2) is 4.21 Å². The molecule has 0 saturated heterocycles. The second-order valence-corrected chi connectivity index (χ2v) is 15.7. The molecule has 2 aromatic rings. The highest BCUT2D eigenvalue weighted by atomic mass is 35.5. The number of halogens is 4. The molecule has 260 valence electrons. The van der Waals surface area contributed by atoms with Crippen molar-refractivity contribution < 1.29 is 36.8 Å². The average Bonchev–Trinajstić information content (AvgIpc) is 3.15. The minimum Gasteiger partial charge on any atom is -0.490 e. The normalized spacial score (nSPS) is 24.3. The van der Waals surface area contributed by atoms with Crippen molar-refractivity contribution in [3.05, 3.63) is 83.4 Å². The predicted octanol–water partition coefficient (Wildman–Crippen LogP) is 6.80. The van der Waals surface area contributed by atoms with Gasteiger partial charge in [0, 0.05) is 29.1 Å². The zero-order chi connectivity index (χ0) is 34.9. The van der Waals surface area contributed by atoms with Gasteiger partial charge in [-0.3, -0.25) is 14.3 Å². The smallest absolute Gasteiger partial charge is 0.472 e. The van der Waals surface area contributed by atoms with Crippen molar-refractivity contribution in [3.8, 4) is 5.75 Å². The molecule has 1 spiro atoms. The number of nitrogens with one attached hydrogen (secondary N) is 1. The fraction of sp³-hybridized carbons (Fsp3) is 0.486. The van der Waals surface area contributed by atoms with E-state index >= 15 is 0 Å². The first-order valence-corrected chi connectivity index (χ1v) is 18.1. The number of benzene rings is 2. The second kappa shape index (κ2) is 14.2. The largest absolute Gasteiger partial charge is 0.490 e. The van der Waals surface area contributed by atoms with Crippen LogP contribution in [0.5, 0.6) is 5.75 Å². The molecule has 6 atom stereocenters. The molecular weight excluding hydrogens is 667 g/mol. The number of hydrogen-bond acceptors (Lipinski definition) is 6. The molecule has 2 N–H and O–H groups in total. The van der Waals surface area contributed by atoms with Crippen molar-refractivity contribution in [1.29, 1.82) is 0 Å². The zero-order valence-corrected chi connectivity index (χ0v) is 28.4. The summed E-state index contributed by atoms with van der Waals surface area (Å²) < 4.78 is 64.8. The van der Waals surface area contributed by atoms with Gasteiger partial charge in [0.25, 0.3) is 5.91 Å². The fourth-order valence-corrected chi connectivity index (χ4v) is 9.29. The fourth-order valence-electron chi connectivity index (χ4n) is 7.21. The molecule has 2 aliphatic carbocycles. The molecule has 0 bridgehead atoms. The van der Waals surface area contributed by atoms with Gasteiger partial charge in [-0.1, -0.05) is 36.7 Å². The van der Waals surface area contributed by atoms with Gasteiger partial charge in [0.15, 0.2) is 0 Å². The number of aryl methyl sites for hydroxylation is 1. The maximum atomic E-state index is 13.7. The zero-order valence-electron chi connectivity index (χ0n) is 26.8. The van der Waals surface area contributed by atoms with Gasteiger partial charge in [0.05, 0.1) is 24.2 Å². The first kappa shape index (κ1) is 35.9.